The molecule has 5 heteroatoms. The fourth-order valence-corrected chi connectivity index (χ4v) is 8.52. The van der Waals surface area contributed by atoms with E-state index in [1.54, 1.807) is 18.5 Å². The van der Waals surface area contributed by atoms with Crippen LogP contribution in [-0.4, -0.2) is 9.97 Å². The smallest absolute Gasteiger partial charge is 0.125 e. The maximum Gasteiger partial charge on any atom is 0.125 e. The second-order valence-corrected chi connectivity index (χ2v) is 14.0. The maximum absolute atomic E-state index is 15.2. The van der Waals surface area contributed by atoms with Crippen LogP contribution in [0.25, 0.3) is 43.4 Å². The van der Waals surface area contributed by atoms with Crippen LogP contribution >= 0.6 is 0 Å². The highest BCUT2D eigenvalue weighted by atomic mass is 19.1. The van der Waals surface area contributed by atoms with E-state index < -0.39 is 0 Å². The lowest BCUT2D eigenvalue weighted by molar-refractivity contribution is 0.628. The molecule has 4 nitrogen and oxygen atoms in total. The predicted octanol–water partition coefficient (Wildman–Crippen LogP) is 12.8. The van der Waals surface area contributed by atoms with Crippen molar-refractivity contribution in [2.75, 3.05) is 9.80 Å². The lowest BCUT2D eigenvalue weighted by atomic mass is 9.82. The van der Waals surface area contributed by atoms with Gasteiger partial charge in [-0.1, -0.05) is 111 Å². The van der Waals surface area contributed by atoms with Gasteiger partial charge in [0.2, 0.25) is 0 Å². The van der Waals surface area contributed by atoms with Gasteiger partial charge in [-0.25, -0.2) is 14.4 Å². The summed E-state index contributed by atoms with van der Waals surface area (Å²) < 4.78 is 15.2. The molecule has 1 aromatic heterocycles. The summed E-state index contributed by atoms with van der Waals surface area (Å²) in [6.45, 7) is 4.59. The number of halogens is 1. The molecule has 1 aliphatic rings. The van der Waals surface area contributed by atoms with Crippen molar-refractivity contribution < 1.29 is 4.39 Å². The molecule has 0 saturated carbocycles. The van der Waals surface area contributed by atoms with E-state index in [0.717, 1.165) is 55.7 Å². The average Bonchev–Trinajstić information content (AvgIpc) is 3.42. The Bertz CT molecular complexity index is 2760. The van der Waals surface area contributed by atoms with Crippen LogP contribution in [0, 0.1) is 5.82 Å². The summed E-state index contributed by atoms with van der Waals surface area (Å²) in [7, 11) is 0. The van der Waals surface area contributed by atoms with Crippen molar-refractivity contribution in [1.82, 2.24) is 9.97 Å². The monoisotopic (exact) mass is 672 g/mol. The molecule has 0 N–H and O–H groups in total. The lowest BCUT2D eigenvalue weighted by Crippen LogP contribution is -2.16. The SMILES string of the molecule is CC1(C)c2ccccc2-c2c(N(c3cccc(F)c3)c3ccc4ccc5c(N(c6ccccc6)c6cncnc6)ccc6ccc3c4c65)cccc21. The largest absolute Gasteiger partial charge is 0.309 e. The zero-order valence-electron chi connectivity index (χ0n) is 28.8. The van der Waals surface area contributed by atoms with E-state index in [9.17, 15) is 0 Å². The number of rotatable bonds is 6. The molecular weight excluding hydrogens is 640 g/mol. The summed E-state index contributed by atoms with van der Waals surface area (Å²) in [6.07, 6.45) is 5.26. The Morgan fingerprint density at radius 1 is 0.500 bits per heavy atom. The molecule has 0 radical (unpaired) electrons. The molecule has 0 unspecified atom stereocenters. The normalized spacial score (nSPS) is 13.1. The van der Waals surface area contributed by atoms with E-state index in [1.807, 2.05) is 24.5 Å². The third-order valence-electron chi connectivity index (χ3n) is 10.8. The van der Waals surface area contributed by atoms with Crippen molar-refractivity contribution in [1.29, 1.82) is 0 Å². The van der Waals surface area contributed by atoms with Gasteiger partial charge in [0.25, 0.3) is 0 Å². The summed E-state index contributed by atoms with van der Waals surface area (Å²) >= 11 is 0. The molecule has 0 saturated heterocycles. The van der Waals surface area contributed by atoms with Crippen molar-refractivity contribution in [3.8, 4) is 11.1 Å². The Hall–Kier alpha value is -6.59. The summed E-state index contributed by atoms with van der Waals surface area (Å²) in [5.74, 6) is -0.274. The van der Waals surface area contributed by atoms with Crippen LogP contribution < -0.4 is 9.80 Å². The summed E-state index contributed by atoms with van der Waals surface area (Å²) in [5.41, 5.74) is 10.5. The molecule has 1 aliphatic carbocycles. The number of hydrogen-bond acceptors (Lipinski definition) is 4. The number of fused-ring (bicyclic) bond motifs is 3. The van der Waals surface area contributed by atoms with E-state index >= 15 is 4.39 Å². The number of nitrogens with zero attached hydrogens (tertiary/aromatic N) is 4. The lowest BCUT2D eigenvalue weighted by Gasteiger charge is -2.30. The Labute approximate surface area is 301 Å². The van der Waals surface area contributed by atoms with E-state index in [4.69, 9.17) is 0 Å². The van der Waals surface area contributed by atoms with Crippen molar-refractivity contribution in [2.45, 2.75) is 19.3 Å². The van der Waals surface area contributed by atoms with Crippen LogP contribution in [0.4, 0.5) is 38.5 Å². The van der Waals surface area contributed by atoms with Crippen LogP contribution in [0.15, 0.2) is 164 Å². The molecule has 248 valence electrons. The minimum Gasteiger partial charge on any atom is -0.309 e. The van der Waals surface area contributed by atoms with Crippen molar-refractivity contribution in [2.24, 2.45) is 0 Å². The van der Waals surface area contributed by atoms with Crippen LogP contribution in [0.5, 0.6) is 0 Å². The van der Waals surface area contributed by atoms with Crippen LogP contribution in [0.3, 0.4) is 0 Å². The third kappa shape index (κ3) is 4.45. The molecule has 0 bridgehead atoms. The van der Waals surface area contributed by atoms with Crippen LogP contribution in [0.1, 0.15) is 25.0 Å². The fourth-order valence-electron chi connectivity index (χ4n) is 8.52. The van der Waals surface area contributed by atoms with Gasteiger partial charge in [-0.2, -0.15) is 0 Å². The van der Waals surface area contributed by atoms with Gasteiger partial charge < -0.3 is 9.80 Å². The standard InChI is InChI=1S/C47H33FN4/c1-47(2)39-15-7-6-14-36(39)46-40(47)16-9-17-43(46)52(34-13-8-10-32(48)26-34)42-25-21-31-18-22-37-41(24-20-30-19-23-38(42)45(31)44(30)37)51(33-11-4-3-5-12-33)35-27-49-29-50-28-35/h3-29H,1-2H3. The predicted molar refractivity (Wildman–Crippen MR) is 213 cm³/mol. The Balaban J connectivity index is 1.26. The molecule has 0 atom stereocenters. The minimum atomic E-state index is -0.274. The van der Waals surface area contributed by atoms with Gasteiger partial charge in [0.1, 0.15) is 12.1 Å². The van der Waals surface area contributed by atoms with Gasteiger partial charge in [0.15, 0.2) is 0 Å². The molecule has 1 heterocycles. The first-order chi connectivity index (χ1) is 25.5. The first-order valence-electron chi connectivity index (χ1n) is 17.6. The molecule has 0 aliphatic heterocycles. The molecule has 0 spiro atoms. The van der Waals surface area contributed by atoms with E-state index in [-0.39, 0.29) is 11.2 Å². The first-order valence-corrected chi connectivity index (χ1v) is 17.6. The zero-order chi connectivity index (χ0) is 35.0. The maximum atomic E-state index is 15.2. The second-order valence-electron chi connectivity index (χ2n) is 14.0. The number of benzene rings is 8. The highest BCUT2D eigenvalue weighted by Crippen LogP contribution is 2.55. The Morgan fingerprint density at radius 3 is 1.81 bits per heavy atom. The van der Waals surface area contributed by atoms with Crippen LogP contribution in [-0.2, 0) is 5.41 Å². The van der Waals surface area contributed by atoms with E-state index in [1.165, 1.54) is 39.1 Å². The number of hydrogen-bond donors (Lipinski definition) is 0. The van der Waals surface area contributed by atoms with Crippen LogP contribution in [0.2, 0.25) is 0 Å². The number of anilines is 6. The molecule has 0 fully saturated rings. The topological polar surface area (TPSA) is 32.3 Å². The summed E-state index contributed by atoms with van der Waals surface area (Å²) in [6, 6.07) is 50.2. The molecular formula is C47H33FN4. The molecule has 9 aromatic rings. The van der Waals surface area contributed by atoms with Crippen molar-refractivity contribution >= 4 is 66.4 Å². The number of aromatic nitrogens is 2. The van der Waals surface area contributed by atoms with Crippen molar-refractivity contribution in [3.63, 3.8) is 0 Å². The molecule has 52 heavy (non-hydrogen) atoms. The fraction of sp³-hybridized carbons (Fsp3) is 0.0638. The zero-order valence-corrected chi connectivity index (χ0v) is 28.8. The van der Waals surface area contributed by atoms with Gasteiger partial charge in [-0.05, 0) is 86.8 Å². The van der Waals surface area contributed by atoms with E-state index in [2.05, 4.69) is 149 Å². The summed E-state index contributed by atoms with van der Waals surface area (Å²) in [5, 5.41) is 6.85. The van der Waals surface area contributed by atoms with Crippen molar-refractivity contribution in [3.05, 3.63) is 181 Å². The molecule has 0 amide bonds. The minimum absolute atomic E-state index is 0.178. The van der Waals surface area contributed by atoms with Gasteiger partial charge in [0.05, 0.1) is 35.1 Å². The summed E-state index contributed by atoms with van der Waals surface area (Å²) in [4.78, 5) is 13.2. The third-order valence-corrected chi connectivity index (χ3v) is 10.8. The van der Waals surface area contributed by atoms with Gasteiger partial charge >= 0.3 is 0 Å². The van der Waals surface area contributed by atoms with Gasteiger partial charge in [-0.15, -0.1) is 0 Å². The molecule has 10 rings (SSSR count). The first kappa shape index (κ1) is 30.3. The number of para-hydroxylation sites is 1. The Kier molecular flexibility index (Phi) is 6.67. The van der Waals surface area contributed by atoms with Gasteiger partial charge in [-0.3, -0.25) is 0 Å². The molecule has 8 aromatic carbocycles. The Morgan fingerprint density at radius 2 is 1.10 bits per heavy atom. The second kappa shape index (κ2) is 11.5. The van der Waals surface area contributed by atoms with Gasteiger partial charge in [0, 0.05) is 33.1 Å². The highest BCUT2D eigenvalue weighted by molar-refractivity contribution is 6.28. The highest BCUT2D eigenvalue weighted by Gasteiger charge is 2.38. The average molecular weight is 673 g/mol. The van der Waals surface area contributed by atoms with E-state index in [0.29, 0.717) is 0 Å². The quantitative estimate of drug-likeness (QED) is 0.165.